The molecule has 0 aromatic carbocycles. The third-order valence-corrected chi connectivity index (χ3v) is 5.22. The molecule has 2 aliphatic heterocycles. The zero-order chi connectivity index (χ0) is 14.5. The summed E-state index contributed by atoms with van der Waals surface area (Å²) in [5.41, 5.74) is 0.791. The van der Waals surface area contributed by atoms with Crippen LogP contribution in [-0.4, -0.2) is 54.4 Å². The standard InChI is InChI=1S/C11H16N4O3S2/c1-6-2-12-10(17)7(14-6)4-19-20-5-8-11(18)13-3-9(16)15-8/h7-8,14H,1-5H2,(H,12,17)(H,13,18)(H,15,16)/t7-,8-/m0/s1. The second-order valence-electron chi connectivity index (χ2n) is 4.43. The van der Waals surface area contributed by atoms with Gasteiger partial charge in [-0.05, 0) is 0 Å². The van der Waals surface area contributed by atoms with E-state index in [0.29, 0.717) is 18.1 Å². The molecule has 110 valence electrons. The van der Waals surface area contributed by atoms with Gasteiger partial charge in [-0.3, -0.25) is 14.4 Å². The lowest BCUT2D eigenvalue weighted by Crippen LogP contribution is -2.57. The number of amides is 3. The van der Waals surface area contributed by atoms with Crippen LogP contribution in [0.15, 0.2) is 12.3 Å². The average Bonchev–Trinajstić information content (AvgIpc) is 2.42. The van der Waals surface area contributed by atoms with Gasteiger partial charge in [0.2, 0.25) is 17.7 Å². The molecule has 2 aliphatic rings. The van der Waals surface area contributed by atoms with E-state index in [2.05, 4.69) is 27.8 Å². The zero-order valence-electron chi connectivity index (χ0n) is 10.7. The molecular formula is C11H16N4O3S2. The lowest BCUT2D eigenvalue weighted by molar-refractivity contribution is -0.133. The first-order valence-electron chi connectivity index (χ1n) is 6.10. The highest BCUT2D eigenvalue weighted by Crippen LogP contribution is 2.24. The molecule has 2 heterocycles. The fourth-order valence-electron chi connectivity index (χ4n) is 1.75. The maximum Gasteiger partial charge on any atom is 0.243 e. The fraction of sp³-hybridized carbons (Fsp3) is 0.545. The van der Waals surface area contributed by atoms with E-state index in [1.165, 1.54) is 21.6 Å². The summed E-state index contributed by atoms with van der Waals surface area (Å²) in [6.45, 7) is 4.28. The van der Waals surface area contributed by atoms with Gasteiger partial charge in [-0.15, -0.1) is 0 Å². The molecule has 0 aliphatic carbocycles. The topological polar surface area (TPSA) is 99.3 Å². The molecule has 0 saturated carbocycles. The summed E-state index contributed by atoms with van der Waals surface area (Å²) < 4.78 is 0. The van der Waals surface area contributed by atoms with Gasteiger partial charge >= 0.3 is 0 Å². The smallest absolute Gasteiger partial charge is 0.243 e. The normalized spacial score (nSPS) is 26.4. The Bertz CT molecular complexity index is 403. The molecule has 7 nitrogen and oxygen atoms in total. The van der Waals surface area contributed by atoms with Crippen molar-refractivity contribution in [1.29, 1.82) is 0 Å². The van der Waals surface area contributed by atoms with E-state index >= 15 is 0 Å². The van der Waals surface area contributed by atoms with Gasteiger partial charge in [-0.1, -0.05) is 28.2 Å². The minimum atomic E-state index is -0.503. The average molecular weight is 316 g/mol. The largest absolute Gasteiger partial charge is 0.375 e. The van der Waals surface area contributed by atoms with Crippen molar-refractivity contribution in [2.75, 3.05) is 24.6 Å². The Morgan fingerprint density at radius 2 is 1.50 bits per heavy atom. The predicted molar refractivity (Wildman–Crippen MR) is 78.9 cm³/mol. The monoisotopic (exact) mass is 316 g/mol. The highest BCUT2D eigenvalue weighted by molar-refractivity contribution is 8.76. The zero-order valence-corrected chi connectivity index (χ0v) is 12.4. The number of hydrogen-bond donors (Lipinski definition) is 4. The van der Waals surface area contributed by atoms with Crippen molar-refractivity contribution in [3.63, 3.8) is 0 Å². The second-order valence-corrected chi connectivity index (χ2v) is 6.98. The van der Waals surface area contributed by atoms with E-state index in [0.717, 1.165) is 5.70 Å². The number of hydrogen-bond acceptors (Lipinski definition) is 6. The van der Waals surface area contributed by atoms with Gasteiger partial charge in [0.05, 0.1) is 13.1 Å². The van der Waals surface area contributed by atoms with Gasteiger partial charge in [-0.25, -0.2) is 0 Å². The molecule has 2 atom stereocenters. The molecule has 0 aromatic rings. The van der Waals surface area contributed by atoms with Crippen molar-refractivity contribution in [1.82, 2.24) is 21.3 Å². The highest BCUT2D eigenvalue weighted by atomic mass is 33.1. The molecule has 2 saturated heterocycles. The molecule has 4 N–H and O–H groups in total. The number of carbonyl (C=O) groups excluding carboxylic acids is 3. The number of piperazine rings is 2. The predicted octanol–water partition coefficient (Wildman–Crippen LogP) is -1.42. The summed E-state index contributed by atoms with van der Waals surface area (Å²) in [6, 6.07) is -0.805. The second kappa shape index (κ2) is 6.89. The third-order valence-electron chi connectivity index (χ3n) is 2.80. The van der Waals surface area contributed by atoms with Crippen LogP contribution in [0.3, 0.4) is 0 Å². The Labute approximate surface area is 124 Å². The van der Waals surface area contributed by atoms with Gasteiger partial charge in [-0.2, -0.15) is 0 Å². The Kier molecular flexibility index (Phi) is 5.18. The summed E-state index contributed by atoms with van der Waals surface area (Å²) in [5.74, 6) is 0.647. The molecule has 20 heavy (non-hydrogen) atoms. The van der Waals surface area contributed by atoms with Crippen LogP contribution < -0.4 is 21.3 Å². The van der Waals surface area contributed by atoms with Gasteiger partial charge < -0.3 is 21.3 Å². The molecular weight excluding hydrogens is 300 g/mol. The van der Waals surface area contributed by atoms with Crippen molar-refractivity contribution >= 4 is 39.3 Å². The summed E-state index contributed by atoms with van der Waals surface area (Å²) in [4.78, 5) is 34.2. The van der Waals surface area contributed by atoms with Crippen molar-refractivity contribution in [2.45, 2.75) is 12.1 Å². The number of nitrogens with one attached hydrogen (secondary N) is 4. The molecule has 3 amide bonds. The summed E-state index contributed by atoms with van der Waals surface area (Å²) in [6.07, 6.45) is 0. The minimum absolute atomic E-state index is 0.0431. The quantitative estimate of drug-likeness (QED) is 0.367. The Balaban J connectivity index is 1.68. The van der Waals surface area contributed by atoms with Crippen molar-refractivity contribution in [2.24, 2.45) is 0 Å². The summed E-state index contributed by atoms with van der Waals surface area (Å²) >= 11 is 0. The maximum absolute atomic E-state index is 11.6. The van der Waals surface area contributed by atoms with E-state index in [9.17, 15) is 14.4 Å². The summed E-state index contributed by atoms with van der Waals surface area (Å²) in [7, 11) is 2.94. The Hall–Kier alpha value is -1.35. The van der Waals surface area contributed by atoms with E-state index in [4.69, 9.17) is 0 Å². The molecule has 0 spiro atoms. The molecule has 0 unspecified atom stereocenters. The van der Waals surface area contributed by atoms with Crippen LogP contribution in [0.4, 0.5) is 0 Å². The van der Waals surface area contributed by atoms with Gasteiger partial charge in [0.25, 0.3) is 0 Å². The minimum Gasteiger partial charge on any atom is -0.375 e. The molecule has 0 radical (unpaired) electrons. The van der Waals surface area contributed by atoms with E-state index < -0.39 is 6.04 Å². The van der Waals surface area contributed by atoms with Crippen molar-refractivity contribution < 1.29 is 14.4 Å². The summed E-state index contributed by atoms with van der Waals surface area (Å²) in [5, 5.41) is 10.9. The fourth-order valence-corrected chi connectivity index (χ4v) is 4.08. The number of carbonyl (C=O) groups is 3. The van der Waals surface area contributed by atoms with Crippen LogP contribution >= 0.6 is 21.6 Å². The lowest BCUT2D eigenvalue weighted by Gasteiger charge is -2.26. The molecule has 2 fully saturated rings. The highest BCUT2D eigenvalue weighted by Gasteiger charge is 2.27. The molecule has 2 rings (SSSR count). The first kappa shape index (κ1) is 15.0. The maximum atomic E-state index is 11.6. The van der Waals surface area contributed by atoms with E-state index in [1.807, 2.05) is 0 Å². The third kappa shape index (κ3) is 4.07. The molecule has 0 bridgehead atoms. The Morgan fingerprint density at radius 3 is 2.15 bits per heavy atom. The van der Waals surface area contributed by atoms with Gasteiger partial charge in [0, 0.05) is 17.2 Å². The lowest BCUT2D eigenvalue weighted by atomic mass is 10.2. The van der Waals surface area contributed by atoms with Crippen molar-refractivity contribution in [3.8, 4) is 0 Å². The van der Waals surface area contributed by atoms with Gasteiger partial charge in [0.1, 0.15) is 12.1 Å². The molecule has 9 heteroatoms. The first-order chi connectivity index (χ1) is 9.56. The van der Waals surface area contributed by atoms with Crippen LogP contribution in [0.1, 0.15) is 0 Å². The van der Waals surface area contributed by atoms with Crippen LogP contribution in [0.5, 0.6) is 0 Å². The molecule has 0 aromatic heterocycles. The van der Waals surface area contributed by atoms with Gasteiger partial charge in [0.15, 0.2) is 0 Å². The van der Waals surface area contributed by atoms with Crippen molar-refractivity contribution in [3.05, 3.63) is 12.3 Å². The van der Waals surface area contributed by atoms with Crippen LogP contribution in [0.2, 0.25) is 0 Å². The van der Waals surface area contributed by atoms with Crippen LogP contribution in [-0.2, 0) is 14.4 Å². The SMILES string of the molecule is C=C1CNC(=O)[C@H](CSSC[C@@H]2NC(=O)CNC2=O)N1. The Morgan fingerprint density at radius 1 is 0.950 bits per heavy atom. The van der Waals surface area contributed by atoms with E-state index in [1.54, 1.807) is 0 Å². The first-order valence-corrected chi connectivity index (χ1v) is 8.58. The van der Waals surface area contributed by atoms with E-state index in [-0.39, 0.29) is 30.3 Å². The van der Waals surface area contributed by atoms with Crippen LogP contribution in [0, 0.1) is 0 Å². The van der Waals surface area contributed by atoms with Crippen LogP contribution in [0.25, 0.3) is 0 Å². The number of rotatable bonds is 5.